The van der Waals surface area contributed by atoms with Crippen molar-refractivity contribution in [3.8, 4) is 0 Å². The highest BCUT2D eigenvalue weighted by molar-refractivity contribution is 7.89. The number of hydrogen-bond donors (Lipinski definition) is 0. The number of piperidine rings is 1. The van der Waals surface area contributed by atoms with Gasteiger partial charge in [-0.1, -0.05) is 24.1 Å². The van der Waals surface area contributed by atoms with Gasteiger partial charge in [0.25, 0.3) is 0 Å². The first-order valence-electron chi connectivity index (χ1n) is 11.2. The Balaban J connectivity index is 1.43. The molecule has 0 spiro atoms. The van der Waals surface area contributed by atoms with Crippen LogP contribution >= 0.6 is 0 Å². The average molecular weight is 497 g/mol. The van der Waals surface area contributed by atoms with Crippen LogP contribution in [0, 0.1) is 6.92 Å². The Morgan fingerprint density at radius 2 is 1.65 bits per heavy atom. The summed E-state index contributed by atoms with van der Waals surface area (Å²) in [6.45, 7) is 3.67. The number of rotatable bonds is 4. The second-order valence-electron chi connectivity index (χ2n) is 8.66. The molecule has 34 heavy (non-hydrogen) atoms. The average Bonchev–Trinajstić information content (AvgIpc) is 2.83. The maximum absolute atomic E-state index is 13.4. The Morgan fingerprint density at radius 1 is 0.971 bits per heavy atom. The van der Waals surface area contributed by atoms with Gasteiger partial charge in [0.15, 0.2) is 0 Å². The summed E-state index contributed by atoms with van der Waals surface area (Å²) >= 11 is 0. The van der Waals surface area contributed by atoms with Crippen molar-refractivity contribution >= 4 is 21.7 Å². The fourth-order valence-corrected chi connectivity index (χ4v) is 6.04. The molecule has 3 heterocycles. The number of piperazine rings is 1. The fourth-order valence-electron chi connectivity index (χ4n) is 4.39. The van der Waals surface area contributed by atoms with E-state index in [1.165, 1.54) is 10.4 Å². The van der Waals surface area contributed by atoms with Gasteiger partial charge in [-0.3, -0.25) is 4.79 Å². The number of aryl methyl sites for hydroxylation is 1. The summed E-state index contributed by atoms with van der Waals surface area (Å²) in [4.78, 5) is 20.9. The van der Waals surface area contributed by atoms with Crippen molar-refractivity contribution in [1.82, 2.24) is 14.2 Å². The zero-order valence-corrected chi connectivity index (χ0v) is 19.6. The van der Waals surface area contributed by atoms with Crippen LogP contribution in [-0.4, -0.2) is 67.3 Å². The molecule has 2 aromatic rings. The van der Waals surface area contributed by atoms with Gasteiger partial charge in [0.2, 0.25) is 15.9 Å². The summed E-state index contributed by atoms with van der Waals surface area (Å²) in [6.07, 6.45) is -1.71. The van der Waals surface area contributed by atoms with Gasteiger partial charge in [0.1, 0.15) is 11.9 Å². The van der Waals surface area contributed by atoms with E-state index < -0.39 is 27.8 Å². The van der Waals surface area contributed by atoms with Crippen molar-refractivity contribution in [2.45, 2.75) is 43.3 Å². The first-order valence-corrected chi connectivity index (χ1v) is 12.7. The van der Waals surface area contributed by atoms with Gasteiger partial charge >= 0.3 is 6.18 Å². The summed E-state index contributed by atoms with van der Waals surface area (Å²) < 4.78 is 66.2. The molecule has 2 aliphatic rings. The van der Waals surface area contributed by atoms with Crippen molar-refractivity contribution < 1.29 is 26.4 Å². The van der Waals surface area contributed by atoms with Crippen LogP contribution < -0.4 is 4.90 Å². The van der Waals surface area contributed by atoms with Crippen molar-refractivity contribution in [2.75, 3.05) is 37.6 Å². The van der Waals surface area contributed by atoms with Crippen LogP contribution in [0.1, 0.15) is 30.4 Å². The van der Waals surface area contributed by atoms with Gasteiger partial charge in [-0.2, -0.15) is 17.5 Å². The summed E-state index contributed by atoms with van der Waals surface area (Å²) in [7, 11) is -3.81. The molecule has 1 amide bonds. The van der Waals surface area contributed by atoms with E-state index in [1.807, 2.05) is 11.8 Å². The number of sulfonamides is 1. The second-order valence-corrected chi connectivity index (χ2v) is 10.5. The molecule has 7 nitrogen and oxygen atoms in total. The lowest BCUT2D eigenvalue weighted by molar-refractivity contribution is -0.138. The smallest absolute Gasteiger partial charge is 0.353 e. The molecule has 0 N–H and O–H groups in total. The lowest BCUT2D eigenvalue weighted by Gasteiger charge is -2.40. The zero-order valence-electron chi connectivity index (χ0n) is 18.8. The second kappa shape index (κ2) is 9.53. The molecule has 1 atom stereocenters. The van der Waals surface area contributed by atoms with E-state index in [1.54, 1.807) is 29.2 Å². The van der Waals surface area contributed by atoms with Crippen LogP contribution in [0.4, 0.5) is 19.0 Å². The third kappa shape index (κ3) is 5.05. The largest absolute Gasteiger partial charge is 0.417 e. The molecule has 0 bridgehead atoms. The van der Waals surface area contributed by atoms with Crippen molar-refractivity contribution in [3.63, 3.8) is 0 Å². The van der Waals surface area contributed by atoms with E-state index in [0.717, 1.165) is 24.2 Å². The highest BCUT2D eigenvalue weighted by Gasteiger charge is 2.40. The number of halogens is 3. The molecular formula is C23H27F3N4O3S. The predicted molar refractivity (Wildman–Crippen MR) is 121 cm³/mol. The summed E-state index contributed by atoms with van der Waals surface area (Å²) in [5.41, 5.74) is 0.142. The standard InChI is InChI=1S/C23H27F3N4O3S/c1-17-5-8-19(9-6-17)34(32,33)30-11-3-2-4-20(30)22(31)29-14-12-28(13-15-29)21-10-7-18(16-27-21)23(24,25)26/h5-10,16,20H,2-4,11-15H2,1H3. The number of anilines is 1. The quantitative estimate of drug-likeness (QED) is 0.650. The molecule has 1 aromatic heterocycles. The SMILES string of the molecule is Cc1ccc(S(=O)(=O)N2CCCCC2C(=O)N2CCN(c3ccc(C(F)(F)F)cn3)CC2)cc1. The van der Waals surface area contributed by atoms with Crippen LogP contribution in [0.2, 0.25) is 0 Å². The van der Waals surface area contributed by atoms with E-state index in [9.17, 15) is 26.4 Å². The third-order valence-corrected chi connectivity index (χ3v) is 8.28. The Hall–Kier alpha value is -2.66. The number of aromatic nitrogens is 1. The molecule has 184 valence electrons. The monoisotopic (exact) mass is 496 g/mol. The summed E-state index contributed by atoms with van der Waals surface area (Å²) in [5, 5.41) is 0. The molecule has 2 fully saturated rings. The minimum absolute atomic E-state index is 0.177. The van der Waals surface area contributed by atoms with Gasteiger partial charge in [-0.25, -0.2) is 13.4 Å². The highest BCUT2D eigenvalue weighted by Crippen LogP contribution is 2.30. The summed E-state index contributed by atoms with van der Waals surface area (Å²) in [5.74, 6) is 0.191. The minimum atomic E-state index is -4.44. The maximum atomic E-state index is 13.4. The number of hydrogen-bond acceptors (Lipinski definition) is 5. The topological polar surface area (TPSA) is 73.8 Å². The van der Waals surface area contributed by atoms with Gasteiger partial charge < -0.3 is 9.80 Å². The van der Waals surface area contributed by atoms with Gasteiger partial charge in [-0.15, -0.1) is 0 Å². The number of alkyl halides is 3. The summed E-state index contributed by atoms with van der Waals surface area (Å²) in [6, 6.07) is 8.18. The van der Waals surface area contributed by atoms with E-state index in [-0.39, 0.29) is 10.8 Å². The van der Waals surface area contributed by atoms with Gasteiger partial charge in [0.05, 0.1) is 10.5 Å². The minimum Gasteiger partial charge on any atom is -0.353 e. The number of nitrogens with zero attached hydrogens (tertiary/aromatic N) is 4. The third-order valence-electron chi connectivity index (χ3n) is 6.36. The van der Waals surface area contributed by atoms with Gasteiger partial charge in [0, 0.05) is 38.9 Å². The Kier molecular flexibility index (Phi) is 6.86. The molecule has 0 aliphatic carbocycles. The number of benzene rings is 1. The van der Waals surface area contributed by atoms with E-state index in [0.29, 0.717) is 51.4 Å². The van der Waals surface area contributed by atoms with Crippen molar-refractivity contribution in [3.05, 3.63) is 53.7 Å². The highest BCUT2D eigenvalue weighted by atomic mass is 32.2. The number of amides is 1. The normalized spacial score (nSPS) is 20.4. The Bertz CT molecular complexity index is 1110. The fraction of sp³-hybridized carbons (Fsp3) is 0.478. The van der Waals surface area contributed by atoms with E-state index >= 15 is 0 Å². The lowest BCUT2D eigenvalue weighted by Crippen LogP contribution is -2.57. The Morgan fingerprint density at radius 3 is 2.24 bits per heavy atom. The van der Waals surface area contributed by atoms with Crippen LogP contribution in [-0.2, 0) is 21.0 Å². The van der Waals surface area contributed by atoms with Crippen molar-refractivity contribution in [1.29, 1.82) is 0 Å². The molecule has 4 rings (SSSR count). The predicted octanol–water partition coefficient (Wildman–Crippen LogP) is 3.30. The first-order chi connectivity index (χ1) is 16.1. The molecule has 0 saturated carbocycles. The van der Waals surface area contributed by atoms with Crippen LogP contribution in [0.25, 0.3) is 0 Å². The number of carbonyl (C=O) groups is 1. The molecule has 2 aliphatic heterocycles. The molecule has 11 heteroatoms. The zero-order chi connectivity index (χ0) is 24.5. The maximum Gasteiger partial charge on any atom is 0.417 e. The van der Waals surface area contributed by atoms with Crippen LogP contribution in [0.15, 0.2) is 47.5 Å². The Labute approximate surface area is 197 Å². The number of carbonyl (C=O) groups excluding carboxylic acids is 1. The van der Waals surface area contributed by atoms with E-state index in [4.69, 9.17) is 0 Å². The molecule has 1 unspecified atom stereocenters. The van der Waals surface area contributed by atoms with Crippen LogP contribution in [0.5, 0.6) is 0 Å². The van der Waals surface area contributed by atoms with Gasteiger partial charge in [-0.05, 0) is 44.0 Å². The lowest BCUT2D eigenvalue weighted by atomic mass is 10.0. The first kappa shape index (κ1) is 24.5. The molecular weight excluding hydrogens is 469 g/mol. The van der Waals surface area contributed by atoms with Crippen LogP contribution in [0.3, 0.4) is 0 Å². The molecule has 2 saturated heterocycles. The van der Waals surface area contributed by atoms with E-state index in [2.05, 4.69) is 4.98 Å². The molecule has 1 aromatic carbocycles. The number of pyridine rings is 1. The molecule has 0 radical (unpaired) electrons. The van der Waals surface area contributed by atoms with Crippen molar-refractivity contribution in [2.24, 2.45) is 0 Å².